The maximum absolute atomic E-state index is 12.2. The van der Waals surface area contributed by atoms with Gasteiger partial charge in [0.05, 0.1) is 12.3 Å². The predicted octanol–water partition coefficient (Wildman–Crippen LogP) is 1.67. The second-order valence-corrected chi connectivity index (χ2v) is 8.98. The number of hydrogen-bond donors (Lipinski definition) is 2. The number of aromatic hydroxyl groups is 1. The first-order valence-corrected chi connectivity index (χ1v) is 9.75. The summed E-state index contributed by atoms with van der Waals surface area (Å²) in [5.74, 6) is -0.291. The molecule has 128 valence electrons. The van der Waals surface area contributed by atoms with Gasteiger partial charge in [-0.05, 0) is 13.8 Å². The van der Waals surface area contributed by atoms with E-state index in [-0.39, 0.29) is 21.6 Å². The van der Waals surface area contributed by atoms with Gasteiger partial charge in [0.25, 0.3) is 15.8 Å². The summed E-state index contributed by atoms with van der Waals surface area (Å²) in [6.07, 6.45) is 0. The van der Waals surface area contributed by atoms with Crippen molar-refractivity contribution in [2.75, 3.05) is 26.0 Å². The molecule has 0 spiro atoms. The van der Waals surface area contributed by atoms with Crippen LogP contribution in [0.2, 0.25) is 0 Å². The zero-order valence-corrected chi connectivity index (χ0v) is 15.3. The van der Waals surface area contributed by atoms with Gasteiger partial charge >= 0.3 is 5.88 Å². The number of nitrogens with zero attached hydrogens (tertiary/aromatic N) is 3. The van der Waals surface area contributed by atoms with Crippen molar-refractivity contribution in [3.05, 3.63) is 4.88 Å². The van der Waals surface area contributed by atoms with Gasteiger partial charge in [-0.1, -0.05) is 0 Å². The van der Waals surface area contributed by atoms with Crippen molar-refractivity contribution < 1.29 is 22.8 Å². The minimum atomic E-state index is -3.78. The third-order valence-corrected chi connectivity index (χ3v) is 6.86. The van der Waals surface area contributed by atoms with E-state index in [2.05, 4.69) is 14.1 Å². The fraction of sp³-hybridized carbons (Fsp3) is 0.455. The topological polar surface area (TPSA) is 128 Å². The first-order valence-electron chi connectivity index (χ1n) is 6.43. The molecule has 0 amide bonds. The smallest absolute Gasteiger partial charge is 0.318 e. The van der Waals surface area contributed by atoms with Gasteiger partial charge in [-0.3, -0.25) is 0 Å². The molecule has 23 heavy (non-hydrogen) atoms. The van der Waals surface area contributed by atoms with Crippen LogP contribution >= 0.6 is 22.5 Å². The van der Waals surface area contributed by atoms with E-state index >= 15 is 0 Å². The molecule has 9 nitrogen and oxygen atoms in total. The Morgan fingerprint density at radius 2 is 2.09 bits per heavy atom. The van der Waals surface area contributed by atoms with Crippen molar-refractivity contribution in [3.63, 3.8) is 0 Å². The zero-order valence-electron chi connectivity index (χ0n) is 12.9. The van der Waals surface area contributed by atoms with Crippen LogP contribution < -0.4 is 10.1 Å². The molecule has 0 saturated heterocycles. The van der Waals surface area contributed by atoms with Gasteiger partial charge in [0.1, 0.15) is 0 Å². The standard InChI is InChI=1S/C11H16N4O5S3/c1-5-20-10-9(13-22(17)14-10)12-7-6(2)21-11(8(7)16)23(18,19)15(3)4/h16H,5H2,1-4H3,(H,12,13). The van der Waals surface area contributed by atoms with E-state index in [4.69, 9.17) is 4.74 Å². The Bertz CT molecular complexity index is 812. The van der Waals surface area contributed by atoms with Crippen molar-refractivity contribution in [2.24, 2.45) is 0 Å². The molecule has 2 N–H and O–H groups in total. The van der Waals surface area contributed by atoms with Gasteiger partial charge in [-0.2, -0.15) is 0 Å². The lowest BCUT2D eigenvalue weighted by molar-refractivity contribution is 0.331. The summed E-state index contributed by atoms with van der Waals surface area (Å²) in [5.41, 5.74) is 0.167. The average molecular weight is 380 g/mol. The van der Waals surface area contributed by atoms with Crippen molar-refractivity contribution in [1.82, 2.24) is 13.1 Å². The highest BCUT2D eigenvalue weighted by molar-refractivity contribution is 7.91. The number of aryl methyl sites for hydroxylation is 1. The Morgan fingerprint density at radius 3 is 2.65 bits per heavy atom. The van der Waals surface area contributed by atoms with E-state index in [9.17, 15) is 18.1 Å². The number of nitrogens with one attached hydrogen (secondary N) is 1. The normalized spacial score (nSPS) is 12.7. The molecule has 2 aromatic rings. The van der Waals surface area contributed by atoms with E-state index in [0.29, 0.717) is 11.5 Å². The van der Waals surface area contributed by atoms with Crippen molar-refractivity contribution in [2.45, 2.75) is 18.1 Å². The second kappa shape index (κ2) is 6.57. The second-order valence-electron chi connectivity index (χ2n) is 4.58. The molecule has 2 heterocycles. The number of anilines is 2. The Hall–Kier alpha value is -1.47. The van der Waals surface area contributed by atoms with Crippen LogP contribution in [0.15, 0.2) is 4.21 Å². The Balaban J connectivity index is 2.45. The minimum absolute atomic E-state index is 0.0489. The molecule has 0 aliphatic rings. The molecule has 2 aromatic heterocycles. The maximum atomic E-state index is 12.2. The van der Waals surface area contributed by atoms with Crippen LogP contribution in [0.4, 0.5) is 11.5 Å². The SMILES string of the molecule is CCOc1n[s+]([O-])nc1Nc1c(C)sc(S(=O)(=O)N(C)C)c1O. The number of thiophene rings is 1. The fourth-order valence-electron chi connectivity index (χ4n) is 1.67. The summed E-state index contributed by atoms with van der Waals surface area (Å²) in [5, 5.41) is 13.0. The lowest BCUT2D eigenvalue weighted by Crippen LogP contribution is -2.21. The van der Waals surface area contributed by atoms with Crippen LogP contribution in [-0.4, -0.2) is 51.8 Å². The Morgan fingerprint density at radius 1 is 1.43 bits per heavy atom. The number of sulfonamides is 1. The number of aromatic nitrogens is 2. The first kappa shape index (κ1) is 17.9. The molecule has 0 bridgehead atoms. The van der Waals surface area contributed by atoms with E-state index in [1.807, 2.05) is 0 Å². The van der Waals surface area contributed by atoms with Gasteiger partial charge in [0.15, 0.2) is 21.1 Å². The molecule has 1 unspecified atom stereocenters. The molecule has 0 radical (unpaired) electrons. The summed E-state index contributed by atoms with van der Waals surface area (Å²) in [4.78, 5) is 0.527. The molecule has 2 rings (SSSR count). The highest BCUT2D eigenvalue weighted by atomic mass is 32.2. The van der Waals surface area contributed by atoms with Gasteiger partial charge in [0, 0.05) is 27.7 Å². The predicted molar refractivity (Wildman–Crippen MR) is 86.7 cm³/mol. The molecule has 0 aromatic carbocycles. The van der Waals surface area contributed by atoms with Crippen LogP contribution in [0.1, 0.15) is 11.8 Å². The largest absolute Gasteiger partial charge is 0.546 e. The van der Waals surface area contributed by atoms with Crippen LogP contribution in [0.25, 0.3) is 0 Å². The van der Waals surface area contributed by atoms with E-state index in [1.54, 1.807) is 13.8 Å². The molecular weight excluding hydrogens is 364 g/mol. The molecule has 0 fully saturated rings. The number of hydrogen-bond acceptors (Lipinski definition) is 9. The van der Waals surface area contributed by atoms with E-state index < -0.39 is 26.9 Å². The number of rotatable bonds is 6. The monoisotopic (exact) mass is 380 g/mol. The summed E-state index contributed by atoms with van der Waals surface area (Å²) in [7, 11) is -1.02. The summed E-state index contributed by atoms with van der Waals surface area (Å²) < 4.78 is 49.3. The summed E-state index contributed by atoms with van der Waals surface area (Å²) in [6, 6.07) is 0. The molecule has 1 atom stereocenters. The van der Waals surface area contributed by atoms with Crippen LogP contribution in [0, 0.1) is 6.92 Å². The Kier molecular flexibility index (Phi) is 5.10. The van der Waals surface area contributed by atoms with Crippen LogP contribution in [0.5, 0.6) is 11.6 Å². The quantitative estimate of drug-likeness (QED) is 0.724. The van der Waals surface area contributed by atoms with Crippen LogP contribution in [-0.2, 0) is 10.0 Å². The maximum Gasteiger partial charge on any atom is 0.318 e. The zero-order chi connectivity index (χ0) is 17.4. The summed E-state index contributed by atoms with van der Waals surface area (Å²) >= 11 is -0.884. The minimum Gasteiger partial charge on any atom is -0.546 e. The molecular formula is C11H16N4O5S3. The lowest BCUT2D eigenvalue weighted by Gasteiger charge is -2.09. The first-order chi connectivity index (χ1) is 10.7. The van der Waals surface area contributed by atoms with Crippen molar-refractivity contribution in [1.29, 1.82) is 0 Å². The molecule has 0 saturated carbocycles. The molecule has 12 heteroatoms. The van der Waals surface area contributed by atoms with E-state index in [1.165, 1.54) is 14.1 Å². The van der Waals surface area contributed by atoms with Gasteiger partial charge in [-0.15, -0.1) is 11.3 Å². The molecule has 0 aliphatic carbocycles. The highest BCUT2D eigenvalue weighted by Gasteiger charge is 2.29. The number of ether oxygens (including phenoxy) is 1. The highest BCUT2D eigenvalue weighted by Crippen LogP contribution is 2.44. The third-order valence-electron chi connectivity index (χ3n) is 2.80. The third kappa shape index (κ3) is 3.40. The van der Waals surface area contributed by atoms with Crippen molar-refractivity contribution in [3.8, 4) is 11.6 Å². The van der Waals surface area contributed by atoms with Gasteiger partial charge in [0.2, 0.25) is 0 Å². The van der Waals surface area contributed by atoms with Gasteiger partial charge in [-0.25, -0.2) is 12.7 Å². The van der Waals surface area contributed by atoms with E-state index in [0.717, 1.165) is 15.6 Å². The Labute approximate surface area is 140 Å². The lowest BCUT2D eigenvalue weighted by atomic mass is 10.4. The van der Waals surface area contributed by atoms with Crippen molar-refractivity contribution >= 4 is 44.0 Å². The average Bonchev–Trinajstić information content (AvgIpc) is 2.94. The van der Waals surface area contributed by atoms with Crippen LogP contribution in [0.3, 0.4) is 0 Å². The fourth-order valence-corrected chi connectivity index (χ4v) is 4.92. The van der Waals surface area contributed by atoms with Gasteiger partial charge < -0.3 is 19.7 Å². The summed E-state index contributed by atoms with van der Waals surface area (Å²) in [6.45, 7) is 3.67. The molecule has 0 aliphatic heterocycles.